The zero-order chi connectivity index (χ0) is 13.0. The van der Waals surface area contributed by atoms with Gasteiger partial charge in [0.15, 0.2) is 11.5 Å². The Morgan fingerprint density at radius 2 is 2.00 bits per heavy atom. The number of carbonyl (C=O) groups is 1. The third-order valence-corrected chi connectivity index (χ3v) is 2.02. The molecular weight excluding hydrogens is 236 g/mol. The quantitative estimate of drug-likeness (QED) is 0.582. The molecule has 4 N–H and O–H groups in total. The summed E-state index contributed by atoms with van der Waals surface area (Å²) in [7, 11) is 0. The van der Waals surface area contributed by atoms with Gasteiger partial charge in [0.2, 0.25) is 0 Å². The smallest absolute Gasteiger partial charge is 0.265 e. The predicted octanol–water partition coefficient (Wildman–Crippen LogP) is 0.454. The van der Waals surface area contributed by atoms with Crippen molar-refractivity contribution in [2.45, 2.75) is 12.5 Å². The zero-order valence-electron chi connectivity index (χ0n) is 8.60. The van der Waals surface area contributed by atoms with E-state index in [1.54, 1.807) is 0 Å². The van der Waals surface area contributed by atoms with E-state index in [-0.39, 0.29) is 5.56 Å². The van der Waals surface area contributed by atoms with Crippen molar-refractivity contribution in [3.8, 4) is 11.5 Å². The van der Waals surface area contributed by atoms with E-state index in [4.69, 9.17) is 10.2 Å². The van der Waals surface area contributed by atoms with Gasteiger partial charge in [-0.15, -0.1) is 0 Å². The van der Waals surface area contributed by atoms with Crippen LogP contribution in [0.2, 0.25) is 0 Å². The highest BCUT2D eigenvalue weighted by molar-refractivity contribution is 5.97. The Labute approximate surface area is 95.3 Å². The van der Waals surface area contributed by atoms with Gasteiger partial charge >= 0.3 is 0 Å². The SMILES string of the molecule is O=C(NCC(O)C(F)F)c1cccc(O)c1O. The number of aliphatic hydroxyl groups is 1. The van der Waals surface area contributed by atoms with E-state index in [2.05, 4.69) is 0 Å². The number of benzene rings is 1. The van der Waals surface area contributed by atoms with Gasteiger partial charge in [-0.3, -0.25) is 4.79 Å². The van der Waals surface area contributed by atoms with Gasteiger partial charge in [-0.1, -0.05) is 6.07 Å². The van der Waals surface area contributed by atoms with Crippen molar-refractivity contribution in [1.82, 2.24) is 5.32 Å². The van der Waals surface area contributed by atoms with Crippen molar-refractivity contribution in [3.05, 3.63) is 23.8 Å². The number of aliphatic hydroxyl groups excluding tert-OH is 1. The first-order chi connectivity index (χ1) is 7.93. The van der Waals surface area contributed by atoms with Gasteiger partial charge in [0.25, 0.3) is 12.3 Å². The van der Waals surface area contributed by atoms with Gasteiger partial charge in [0.1, 0.15) is 6.10 Å². The molecule has 0 radical (unpaired) electrons. The molecule has 1 aromatic carbocycles. The van der Waals surface area contributed by atoms with Crippen molar-refractivity contribution in [1.29, 1.82) is 0 Å². The van der Waals surface area contributed by atoms with Gasteiger partial charge in [0.05, 0.1) is 5.56 Å². The third-order valence-electron chi connectivity index (χ3n) is 2.02. The summed E-state index contributed by atoms with van der Waals surface area (Å²) in [6, 6.07) is 3.69. The fourth-order valence-corrected chi connectivity index (χ4v) is 1.10. The molecule has 5 nitrogen and oxygen atoms in total. The number of hydrogen-bond donors (Lipinski definition) is 4. The van der Waals surface area contributed by atoms with E-state index in [1.165, 1.54) is 18.2 Å². The number of alkyl halides is 2. The summed E-state index contributed by atoms with van der Waals surface area (Å²) >= 11 is 0. The van der Waals surface area contributed by atoms with Crippen LogP contribution < -0.4 is 5.32 Å². The summed E-state index contributed by atoms with van der Waals surface area (Å²) in [5.74, 6) is -2.00. The number of phenols is 2. The Bertz CT molecular complexity index is 411. The molecule has 1 atom stereocenters. The molecule has 0 bridgehead atoms. The molecule has 0 aliphatic carbocycles. The number of para-hydroxylation sites is 1. The van der Waals surface area contributed by atoms with Crippen LogP contribution in [-0.4, -0.2) is 40.3 Å². The van der Waals surface area contributed by atoms with E-state index < -0.39 is 36.5 Å². The second kappa shape index (κ2) is 5.44. The molecule has 0 spiro atoms. The third kappa shape index (κ3) is 3.28. The molecule has 94 valence electrons. The highest BCUT2D eigenvalue weighted by atomic mass is 19.3. The van der Waals surface area contributed by atoms with Crippen molar-refractivity contribution in [2.75, 3.05) is 6.54 Å². The summed E-state index contributed by atoms with van der Waals surface area (Å²) in [6.07, 6.45) is -4.94. The van der Waals surface area contributed by atoms with Gasteiger partial charge in [-0.05, 0) is 12.1 Å². The molecule has 0 aliphatic rings. The normalized spacial score (nSPS) is 12.5. The number of hydrogen-bond acceptors (Lipinski definition) is 4. The lowest BCUT2D eigenvalue weighted by Gasteiger charge is -2.11. The van der Waals surface area contributed by atoms with E-state index in [1.807, 2.05) is 5.32 Å². The van der Waals surface area contributed by atoms with Crippen LogP contribution in [0.15, 0.2) is 18.2 Å². The molecule has 7 heteroatoms. The van der Waals surface area contributed by atoms with E-state index in [0.717, 1.165) is 0 Å². The Kier molecular flexibility index (Phi) is 4.22. The molecule has 1 rings (SSSR count). The van der Waals surface area contributed by atoms with Crippen molar-refractivity contribution in [3.63, 3.8) is 0 Å². The number of amides is 1. The minimum atomic E-state index is -2.96. The van der Waals surface area contributed by atoms with Crippen molar-refractivity contribution in [2.24, 2.45) is 0 Å². The summed E-state index contributed by atoms with van der Waals surface area (Å²) in [6.45, 7) is -0.647. The fourth-order valence-electron chi connectivity index (χ4n) is 1.10. The number of phenolic OH excluding ortho intramolecular Hbond substituents is 2. The molecule has 0 heterocycles. The molecule has 1 unspecified atom stereocenters. The van der Waals surface area contributed by atoms with Crippen LogP contribution in [0, 0.1) is 0 Å². The van der Waals surface area contributed by atoms with E-state index >= 15 is 0 Å². The minimum absolute atomic E-state index is 0.258. The maximum atomic E-state index is 11.9. The number of nitrogens with one attached hydrogen (secondary N) is 1. The molecule has 1 amide bonds. The Hall–Kier alpha value is -1.89. The molecule has 17 heavy (non-hydrogen) atoms. The van der Waals surface area contributed by atoms with Crippen LogP contribution in [0.4, 0.5) is 8.78 Å². The van der Waals surface area contributed by atoms with Gasteiger partial charge < -0.3 is 20.6 Å². The largest absolute Gasteiger partial charge is 0.504 e. The summed E-state index contributed by atoms with van der Waals surface area (Å²) in [5, 5.41) is 29.2. The first-order valence-electron chi connectivity index (χ1n) is 4.69. The second-order valence-electron chi connectivity index (χ2n) is 3.29. The average Bonchev–Trinajstić information content (AvgIpc) is 2.29. The first-order valence-corrected chi connectivity index (χ1v) is 4.69. The van der Waals surface area contributed by atoms with E-state index in [9.17, 15) is 18.7 Å². The van der Waals surface area contributed by atoms with Crippen LogP contribution in [0.1, 0.15) is 10.4 Å². The summed E-state index contributed by atoms with van der Waals surface area (Å²) in [5.41, 5.74) is -0.258. The summed E-state index contributed by atoms with van der Waals surface area (Å²) in [4.78, 5) is 11.4. The van der Waals surface area contributed by atoms with Gasteiger partial charge in [-0.25, -0.2) is 8.78 Å². The average molecular weight is 247 g/mol. The minimum Gasteiger partial charge on any atom is -0.504 e. The van der Waals surface area contributed by atoms with Crippen LogP contribution in [0.25, 0.3) is 0 Å². The molecule has 0 saturated carbocycles. The molecule has 0 aliphatic heterocycles. The Balaban J connectivity index is 2.68. The highest BCUT2D eigenvalue weighted by Gasteiger charge is 2.19. The predicted molar refractivity (Wildman–Crippen MR) is 54.1 cm³/mol. The lowest BCUT2D eigenvalue weighted by Crippen LogP contribution is -2.35. The van der Waals surface area contributed by atoms with Crippen molar-refractivity contribution < 1.29 is 28.9 Å². The maximum absolute atomic E-state index is 11.9. The van der Waals surface area contributed by atoms with Gasteiger partial charge in [0, 0.05) is 6.54 Å². The van der Waals surface area contributed by atoms with Gasteiger partial charge in [-0.2, -0.15) is 0 Å². The lowest BCUT2D eigenvalue weighted by molar-refractivity contribution is -0.00271. The first kappa shape index (κ1) is 13.2. The standard InChI is InChI=1S/C10H11F2NO4/c11-9(12)7(15)4-13-10(17)5-2-1-3-6(14)8(5)16/h1-3,7,9,14-16H,4H2,(H,13,17). The molecule has 0 saturated heterocycles. The zero-order valence-corrected chi connectivity index (χ0v) is 8.60. The van der Waals surface area contributed by atoms with Crippen LogP contribution in [-0.2, 0) is 0 Å². The van der Waals surface area contributed by atoms with E-state index in [0.29, 0.717) is 0 Å². The number of rotatable bonds is 4. The lowest BCUT2D eigenvalue weighted by atomic mass is 10.1. The second-order valence-corrected chi connectivity index (χ2v) is 3.29. The monoisotopic (exact) mass is 247 g/mol. The van der Waals surface area contributed by atoms with Crippen LogP contribution >= 0.6 is 0 Å². The molecular formula is C10H11F2NO4. The number of carbonyl (C=O) groups excluding carboxylic acids is 1. The summed E-state index contributed by atoms with van der Waals surface area (Å²) < 4.78 is 23.9. The number of aromatic hydroxyl groups is 2. The Morgan fingerprint density at radius 3 is 2.59 bits per heavy atom. The molecule has 1 aromatic rings. The molecule has 0 aromatic heterocycles. The van der Waals surface area contributed by atoms with Crippen LogP contribution in [0.5, 0.6) is 11.5 Å². The Morgan fingerprint density at radius 1 is 1.35 bits per heavy atom. The van der Waals surface area contributed by atoms with Crippen molar-refractivity contribution >= 4 is 5.91 Å². The topological polar surface area (TPSA) is 89.8 Å². The highest BCUT2D eigenvalue weighted by Crippen LogP contribution is 2.27. The fraction of sp³-hybridized carbons (Fsp3) is 0.300. The molecule has 0 fully saturated rings. The maximum Gasteiger partial charge on any atom is 0.265 e. The number of halogens is 2. The van der Waals surface area contributed by atoms with Crippen LogP contribution in [0.3, 0.4) is 0 Å².